The first-order valence-electron chi connectivity index (χ1n) is 6.80. The standard InChI is InChI=1S/C17H17N3S/c1-13-7-8-16(18)17(9-13)21-12-14-10-19-20(11-14)15-5-3-2-4-6-15/h2-11H,12,18H2,1H3. The Bertz CT molecular complexity index is 735. The summed E-state index contributed by atoms with van der Waals surface area (Å²) < 4.78 is 1.90. The molecule has 4 heteroatoms. The van der Waals surface area contributed by atoms with Gasteiger partial charge in [-0.2, -0.15) is 5.10 Å². The van der Waals surface area contributed by atoms with Gasteiger partial charge in [0.2, 0.25) is 0 Å². The van der Waals surface area contributed by atoms with E-state index in [4.69, 9.17) is 5.73 Å². The molecule has 0 atom stereocenters. The number of hydrogen-bond donors (Lipinski definition) is 1. The van der Waals surface area contributed by atoms with Gasteiger partial charge in [-0.25, -0.2) is 4.68 Å². The molecule has 0 aliphatic heterocycles. The summed E-state index contributed by atoms with van der Waals surface area (Å²) in [6, 6.07) is 16.2. The van der Waals surface area contributed by atoms with E-state index >= 15 is 0 Å². The average molecular weight is 295 g/mol. The van der Waals surface area contributed by atoms with Crippen molar-refractivity contribution in [3.63, 3.8) is 0 Å². The van der Waals surface area contributed by atoms with Crippen LogP contribution < -0.4 is 5.73 Å². The van der Waals surface area contributed by atoms with E-state index < -0.39 is 0 Å². The van der Waals surface area contributed by atoms with Crippen LogP contribution in [-0.4, -0.2) is 9.78 Å². The molecule has 3 rings (SSSR count). The van der Waals surface area contributed by atoms with Crippen LogP contribution in [0.2, 0.25) is 0 Å². The van der Waals surface area contributed by atoms with Gasteiger partial charge in [-0.1, -0.05) is 24.3 Å². The summed E-state index contributed by atoms with van der Waals surface area (Å²) in [6.07, 6.45) is 3.97. The van der Waals surface area contributed by atoms with Crippen LogP contribution >= 0.6 is 11.8 Å². The van der Waals surface area contributed by atoms with Crippen LogP contribution in [0.25, 0.3) is 5.69 Å². The lowest BCUT2D eigenvalue weighted by Gasteiger charge is -2.05. The molecule has 3 nitrogen and oxygen atoms in total. The summed E-state index contributed by atoms with van der Waals surface area (Å²) in [4.78, 5) is 1.13. The second-order valence-electron chi connectivity index (χ2n) is 4.96. The number of aryl methyl sites for hydroxylation is 1. The van der Waals surface area contributed by atoms with Crippen molar-refractivity contribution in [3.05, 3.63) is 72.1 Å². The Morgan fingerprint density at radius 3 is 2.76 bits per heavy atom. The van der Waals surface area contributed by atoms with E-state index in [0.29, 0.717) is 0 Å². The number of nitrogens with zero attached hydrogens (tertiary/aromatic N) is 2. The molecule has 0 unspecified atom stereocenters. The van der Waals surface area contributed by atoms with Gasteiger partial charge < -0.3 is 5.73 Å². The van der Waals surface area contributed by atoms with Gasteiger partial charge >= 0.3 is 0 Å². The molecule has 2 N–H and O–H groups in total. The van der Waals surface area contributed by atoms with E-state index in [0.717, 1.165) is 22.0 Å². The van der Waals surface area contributed by atoms with Gasteiger partial charge in [0, 0.05) is 28.1 Å². The predicted molar refractivity (Wildman–Crippen MR) is 88.7 cm³/mol. The van der Waals surface area contributed by atoms with Crippen LogP contribution in [0.15, 0.2) is 65.8 Å². The Hall–Kier alpha value is -2.20. The monoisotopic (exact) mass is 295 g/mol. The van der Waals surface area contributed by atoms with Gasteiger partial charge in [-0.3, -0.25) is 0 Å². The number of thioether (sulfide) groups is 1. The molecule has 0 aliphatic rings. The highest BCUT2D eigenvalue weighted by molar-refractivity contribution is 7.98. The molecule has 0 saturated carbocycles. The van der Waals surface area contributed by atoms with E-state index in [1.54, 1.807) is 11.8 Å². The maximum Gasteiger partial charge on any atom is 0.0645 e. The quantitative estimate of drug-likeness (QED) is 0.583. The zero-order chi connectivity index (χ0) is 14.7. The normalized spacial score (nSPS) is 10.7. The molecule has 2 aromatic carbocycles. The van der Waals surface area contributed by atoms with E-state index in [-0.39, 0.29) is 0 Å². The highest BCUT2D eigenvalue weighted by atomic mass is 32.2. The van der Waals surface area contributed by atoms with Gasteiger partial charge in [0.1, 0.15) is 0 Å². The molecule has 3 aromatic rings. The molecule has 106 valence electrons. The smallest absolute Gasteiger partial charge is 0.0645 e. The van der Waals surface area contributed by atoms with Crippen molar-refractivity contribution < 1.29 is 0 Å². The lowest BCUT2D eigenvalue weighted by Crippen LogP contribution is -1.92. The van der Waals surface area contributed by atoms with Gasteiger partial charge in [-0.05, 0) is 36.8 Å². The highest BCUT2D eigenvalue weighted by Crippen LogP contribution is 2.29. The fraction of sp³-hybridized carbons (Fsp3) is 0.118. The maximum atomic E-state index is 6.01. The average Bonchev–Trinajstić information content (AvgIpc) is 2.98. The SMILES string of the molecule is Cc1ccc(N)c(SCc2cnn(-c3ccccc3)c2)c1. The van der Waals surface area contributed by atoms with Crippen molar-refractivity contribution in [1.29, 1.82) is 0 Å². The molecule has 1 aromatic heterocycles. The topological polar surface area (TPSA) is 43.8 Å². The molecule has 0 aliphatic carbocycles. The summed E-state index contributed by atoms with van der Waals surface area (Å²) in [5, 5.41) is 4.41. The summed E-state index contributed by atoms with van der Waals surface area (Å²) in [5.41, 5.74) is 10.3. The van der Waals surface area contributed by atoms with Crippen LogP contribution in [0.1, 0.15) is 11.1 Å². The van der Waals surface area contributed by atoms with Crippen LogP contribution in [0, 0.1) is 6.92 Å². The van der Waals surface area contributed by atoms with Gasteiger partial charge in [0.25, 0.3) is 0 Å². The first-order valence-corrected chi connectivity index (χ1v) is 7.79. The Morgan fingerprint density at radius 1 is 1.14 bits per heavy atom. The number of aromatic nitrogens is 2. The molecule has 1 heterocycles. The lowest BCUT2D eigenvalue weighted by molar-refractivity contribution is 0.880. The number of hydrogen-bond acceptors (Lipinski definition) is 3. The fourth-order valence-electron chi connectivity index (χ4n) is 2.08. The summed E-state index contributed by atoms with van der Waals surface area (Å²) in [6.45, 7) is 2.08. The Labute approximate surface area is 128 Å². The first-order chi connectivity index (χ1) is 10.2. The minimum absolute atomic E-state index is 0.834. The van der Waals surface area contributed by atoms with Crippen molar-refractivity contribution in [2.75, 3.05) is 5.73 Å². The zero-order valence-corrected chi connectivity index (χ0v) is 12.7. The molecule has 0 amide bonds. The van der Waals surface area contributed by atoms with E-state index in [2.05, 4.69) is 24.3 Å². The molecule has 0 bridgehead atoms. The molecular weight excluding hydrogens is 278 g/mol. The number of nitrogens with two attached hydrogens (primary N) is 1. The molecule has 0 saturated heterocycles. The Kier molecular flexibility index (Phi) is 3.97. The Morgan fingerprint density at radius 2 is 1.95 bits per heavy atom. The van der Waals surface area contributed by atoms with Crippen molar-refractivity contribution >= 4 is 17.4 Å². The van der Waals surface area contributed by atoms with Crippen molar-refractivity contribution in [1.82, 2.24) is 9.78 Å². The molecule has 21 heavy (non-hydrogen) atoms. The molecule has 0 spiro atoms. The molecular formula is C17H17N3S. The minimum atomic E-state index is 0.834. The third kappa shape index (κ3) is 3.28. The van der Waals surface area contributed by atoms with Crippen LogP contribution in [-0.2, 0) is 5.75 Å². The molecule has 0 fully saturated rings. The number of benzene rings is 2. The number of para-hydroxylation sites is 1. The van der Waals surface area contributed by atoms with Crippen LogP contribution in [0.5, 0.6) is 0 Å². The second kappa shape index (κ2) is 6.06. The highest BCUT2D eigenvalue weighted by Gasteiger charge is 2.04. The fourth-order valence-corrected chi connectivity index (χ4v) is 3.06. The van der Waals surface area contributed by atoms with Gasteiger partial charge in [0.15, 0.2) is 0 Å². The van der Waals surface area contributed by atoms with Crippen molar-refractivity contribution in [2.45, 2.75) is 17.6 Å². The predicted octanol–water partition coefficient (Wildman–Crippen LogP) is 4.06. The third-order valence-corrected chi connectivity index (χ3v) is 4.36. The van der Waals surface area contributed by atoms with E-state index in [1.165, 1.54) is 11.1 Å². The van der Waals surface area contributed by atoms with E-state index in [1.807, 2.05) is 53.3 Å². The number of anilines is 1. The Balaban J connectivity index is 1.72. The second-order valence-corrected chi connectivity index (χ2v) is 5.98. The lowest BCUT2D eigenvalue weighted by atomic mass is 10.2. The van der Waals surface area contributed by atoms with Gasteiger partial charge in [-0.15, -0.1) is 11.8 Å². The van der Waals surface area contributed by atoms with Crippen LogP contribution in [0.4, 0.5) is 5.69 Å². The van der Waals surface area contributed by atoms with Crippen LogP contribution in [0.3, 0.4) is 0 Å². The number of nitrogen functional groups attached to an aromatic ring is 1. The van der Waals surface area contributed by atoms with E-state index in [9.17, 15) is 0 Å². The summed E-state index contributed by atoms with van der Waals surface area (Å²) in [7, 11) is 0. The zero-order valence-electron chi connectivity index (χ0n) is 11.9. The maximum absolute atomic E-state index is 6.01. The van der Waals surface area contributed by atoms with Gasteiger partial charge in [0.05, 0.1) is 11.9 Å². The summed E-state index contributed by atoms with van der Waals surface area (Å²) in [5.74, 6) is 0.862. The summed E-state index contributed by atoms with van der Waals surface area (Å²) >= 11 is 1.74. The molecule has 0 radical (unpaired) electrons. The first kappa shape index (κ1) is 13.8. The largest absolute Gasteiger partial charge is 0.398 e. The van der Waals surface area contributed by atoms with Crippen molar-refractivity contribution in [3.8, 4) is 5.69 Å². The van der Waals surface area contributed by atoms with Crippen molar-refractivity contribution in [2.24, 2.45) is 0 Å². The third-order valence-electron chi connectivity index (χ3n) is 3.22. The number of rotatable bonds is 4. The minimum Gasteiger partial charge on any atom is -0.398 e.